The number of aryl methyl sites for hydroxylation is 2. The Morgan fingerprint density at radius 1 is 1.05 bits per heavy atom. The van der Waals surface area contributed by atoms with Gasteiger partial charge in [0.05, 0.1) is 18.6 Å². The van der Waals surface area contributed by atoms with Crippen LogP contribution in [0.4, 0.5) is 11.4 Å². The molecule has 8 nitrogen and oxygen atoms in total. The lowest BCUT2D eigenvalue weighted by molar-refractivity contribution is -0.114. The molecule has 188 valence electrons. The predicted octanol–water partition coefficient (Wildman–Crippen LogP) is 5.16. The molecule has 2 heterocycles. The molecule has 0 fully saturated rings. The van der Waals surface area contributed by atoms with Crippen LogP contribution in [0.3, 0.4) is 0 Å². The van der Waals surface area contributed by atoms with Gasteiger partial charge in [0, 0.05) is 11.8 Å². The van der Waals surface area contributed by atoms with Gasteiger partial charge in [0.25, 0.3) is 5.91 Å². The van der Waals surface area contributed by atoms with E-state index >= 15 is 0 Å². The molecule has 0 aromatic heterocycles. The minimum Gasteiger partial charge on any atom is -0.497 e. The fourth-order valence-corrected chi connectivity index (χ4v) is 4.87. The Hall–Kier alpha value is -4.24. The van der Waals surface area contributed by atoms with Gasteiger partial charge in [-0.3, -0.25) is 14.5 Å². The molecule has 3 aromatic carbocycles. The molecular formula is C28H25N3O5S. The van der Waals surface area contributed by atoms with Crippen LogP contribution in [0.1, 0.15) is 16.7 Å². The lowest BCUT2D eigenvalue weighted by Crippen LogP contribution is -2.31. The molecule has 0 bridgehead atoms. The largest absolute Gasteiger partial charge is 0.497 e. The molecule has 0 atom stereocenters. The molecule has 0 unspecified atom stereocenters. The summed E-state index contributed by atoms with van der Waals surface area (Å²) in [5.41, 5.74) is 4.48. The van der Waals surface area contributed by atoms with Gasteiger partial charge < -0.3 is 19.5 Å². The van der Waals surface area contributed by atoms with Crippen LogP contribution in [0, 0.1) is 13.8 Å². The SMILES string of the molecule is COc1ccc(/C=C2\N=C(SCC(=O)Nc3ccc4c(c3)OCO4)N(c3cc(C)cc(C)c3)C2=O)cc1. The number of carbonyl (C=O) groups excluding carboxylic acids is 2. The molecule has 2 amide bonds. The number of fused-ring (bicyclic) bond motifs is 1. The number of benzene rings is 3. The average Bonchev–Trinajstić information content (AvgIpc) is 3.46. The maximum atomic E-state index is 13.5. The molecule has 3 aromatic rings. The van der Waals surface area contributed by atoms with Crippen molar-refractivity contribution in [2.24, 2.45) is 4.99 Å². The standard InChI is InChI=1S/C28H25N3O5S/c1-17-10-18(2)12-21(11-17)31-27(33)23(13-19-4-7-22(34-3)8-5-19)30-28(31)37-15-26(32)29-20-6-9-24-25(14-20)36-16-35-24/h4-14H,15-16H2,1-3H3,(H,29,32)/b23-13-. The summed E-state index contributed by atoms with van der Waals surface area (Å²) in [4.78, 5) is 32.4. The van der Waals surface area contributed by atoms with E-state index in [9.17, 15) is 9.59 Å². The molecule has 1 N–H and O–H groups in total. The predicted molar refractivity (Wildman–Crippen MR) is 145 cm³/mol. The zero-order chi connectivity index (χ0) is 25.9. The quantitative estimate of drug-likeness (QED) is 0.457. The maximum absolute atomic E-state index is 13.5. The molecule has 5 rings (SSSR count). The lowest BCUT2D eigenvalue weighted by Gasteiger charge is -2.19. The molecule has 0 aliphatic carbocycles. The van der Waals surface area contributed by atoms with Gasteiger partial charge in [0.15, 0.2) is 16.7 Å². The number of nitrogens with one attached hydrogen (secondary N) is 1. The first-order valence-electron chi connectivity index (χ1n) is 11.6. The van der Waals surface area contributed by atoms with Crippen molar-refractivity contribution in [1.82, 2.24) is 0 Å². The number of aliphatic imine (C=N–C) groups is 1. The molecular weight excluding hydrogens is 490 g/mol. The molecule has 37 heavy (non-hydrogen) atoms. The lowest BCUT2D eigenvalue weighted by atomic mass is 10.1. The van der Waals surface area contributed by atoms with E-state index in [1.165, 1.54) is 11.8 Å². The number of anilines is 2. The van der Waals surface area contributed by atoms with Gasteiger partial charge >= 0.3 is 0 Å². The fourth-order valence-electron chi connectivity index (χ4n) is 4.06. The third-order valence-corrected chi connectivity index (χ3v) is 6.64. The second-order valence-corrected chi connectivity index (χ2v) is 9.53. The van der Waals surface area contributed by atoms with Crippen molar-refractivity contribution in [2.75, 3.05) is 29.9 Å². The summed E-state index contributed by atoms with van der Waals surface area (Å²) in [6, 6.07) is 18.5. The number of hydrogen-bond acceptors (Lipinski definition) is 7. The second-order valence-electron chi connectivity index (χ2n) is 8.59. The van der Waals surface area contributed by atoms with Crippen LogP contribution in [0.15, 0.2) is 71.4 Å². The van der Waals surface area contributed by atoms with E-state index < -0.39 is 0 Å². The molecule has 0 saturated heterocycles. The summed E-state index contributed by atoms with van der Waals surface area (Å²) in [5.74, 6) is 1.55. The normalized spacial score (nSPS) is 15.2. The van der Waals surface area contributed by atoms with Gasteiger partial charge in [-0.05, 0) is 73.0 Å². The number of thioether (sulfide) groups is 1. The van der Waals surface area contributed by atoms with Crippen molar-refractivity contribution in [3.8, 4) is 17.2 Å². The summed E-state index contributed by atoms with van der Waals surface area (Å²) in [5, 5.41) is 3.30. The first-order valence-corrected chi connectivity index (χ1v) is 12.6. The zero-order valence-corrected chi connectivity index (χ0v) is 21.4. The highest BCUT2D eigenvalue weighted by Gasteiger charge is 2.32. The van der Waals surface area contributed by atoms with Crippen molar-refractivity contribution in [2.45, 2.75) is 13.8 Å². The van der Waals surface area contributed by atoms with Gasteiger partial charge in [-0.25, -0.2) is 4.99 Å². The number of hydrogen-bond donors (Lipinski definition) is 1. The van der Waals surface area contributed by atoms with Crippen LogP contribution in [0.2, 0.25) is 0 Å². The monoisotopic (exact) mass is 515 g/mol. The van der Waals surface area contributed by atoms with Crippen LogP contribution in [0.25, 0.3) is 6.08 Å². The fraction of sp³-hybridized carbons (Fsp3) is 0.179. The van der Waals surface area contributed by atoms with E-state index in [1.807, 2.05) is 56.3 Å². The third-order valence-electron chi connectivity index (χ3n) is 5.70. The van der Waals surface area contributed by atoms with Gasteiger partial charge in [-0.15, -0.1) is 0 Å². The molecule has 0 radical (unpaired) electrons. The molecule has 0 spiro atoms. The number of ether oxygens (including phenoxy) is 3. The van der Waals surface area contributed by atoms with Gasteiger partial charge in [-0.1, -0.05) is 30.0 Å². The van der Waals surface area contributed by atoms with Crippen molar-refractivity contribution < 1.29 is 23.8 Å². The first-order chi connectivity index (χ1) is 17.9. The minimum atomic E-state index is -0.250. The number of amides is 2. The van der Waals surface area contributed by atoms with Crippen LogP contribution in [-0.2, 0) is 9.59 Å². The van der Waals surface area contributed by atoms with E-state index in [-0.39, 0.29) is 24.4 Å². The Kier molecular flexibility index (Phi) is 6.87. The van der Waals surface area contributed by atoms with E-state index in [4.69, 9.17) is 14.2 Å². The third kappa shape index (κ3) is 5.46. The number of carbonyl (C=O) groups is 2. The maximum Gasteiger partial charge on any atom is 0.283 e. The first kappa shape index (κ1) is 24.5. The Morgan fingerprint density at radius 2 is 1.78 bits per heavy atom. The van der Waals surface area contributed by atoms with Crippen molar-refractivity contribution in [3.05, 3.63) is 83.1 Å². The zero-order valence-electron chi connectivity index (χ0n) is 20.6. The van der Waals surface area contributed by atoms with Crippen molar-refractivity contribution >= 4 is 46.2 Å². The Morgan fingerprint density at radius 3 is 2.51 bits per heavy atom. The van der Waals surface area contributed by atoms with Crippen LogP contribution in [-0.4, -0.2) is 36.6 Å². The highest BCUT2D eigenvalue weighted by molar-refractivity contribution is 8.14. The van der Waals surface area contributed by atoms with Crippen LogP contribution < -0.4 is 24.4 Å². The van der Waals surface area contributed by atoms with Crippen molar-refractivity contribution in [1.29, 1.82) is 0 Å². The number of nitrogens with zero attached hydrogens (tertiary/aromatic N) is 2. The van der Waals surface area contributed by atoms with E-state index in [0.29, 0.717) is 33.7 Å². The highest BCUT2D eigenvalue weighted by atomic mass is 32.2. The molecule has 2 aliphatic rings. The van der Waals surface area contributed by atoms with Gasteiger partial charge in [0.1, 0.15) is 11.4 Å². The number of methoxy groups -OCH3 is 1. The van der Waals surface area contributed by atoms with Crippen LogP contribution in [0.5, 0.6) is 17.2 Å². The minimum absolute atomic E-state index is 0.0671. The summed E-state index contributed by atoms with van der Waals surface area (Å²) in [6.07, 6.45) is 1.73. The number of amidine groups is 1. The Balaban J connectivity index is 1.37. The summed E-state index contributed by atoms with van der Waals surface area (Å²) in [6.45, 7) is 4.12. The highest BCUT2D eigenvalue weighted by Crippen LogP contribution is 2.35. The molecule has 9 heteroatoms. The Labute approximate surface area is 218 Å². The average molecular weight is 516 g/mol. The smallest absolute Gasteiger partial charge is 0.283 e. The van der Waals surface area contributed by atoms with E-state index in [0.717, 1.165) is 22.4 Å². The molecule has 2 aliphatic heterocycles. The molecule has 0 saturated carbocycles. The summed E-state index contributed by atoms with van der Waals surface area (Å²) in [7, 11) is 1.60. The van der Waals surface area contributed by atoms with Gasteiger partial charge in [0.2, 0.25) is 12.7 Å². The van der Waals surface area contributed by atoms with Crippen LogP contribution >= 0.6 is 11.8 Å². The summed E-state index contributed by atoms with van der Waals surface area (Å²) < 4.78 is 15.9. The van der Waals surface area contributed by atoms with Gasteiger partial charge in [-0.2, -0.15) is 0 Å². The summed E-state index contributed by atoms with van der Waals surface area (Å²) >= 11 is 1.20. The van der Waals surface area contributed by atoms with E-state index in [2.05, 4.69) is 10.3 Å². The second kappa shape index (κ2) is 10.4. The Bertz CT molecular complexity index is 1410. The topological polar surface area (TPSA) is 89.5 Å². The van der Waals surface area contributed by atoms with E-state index in [1.54, 1.807) is 36.3 Å². The number of rotatable bonds is 6. The van der Waals surface area contributed by atoms with Crippen molar-refractivity contribution in [3.63, 3.8) is 0 Å².